The summed E-state index contributed by atoms with van der Waals surface area (Å²) in [6.07, 6.45) is 1.82. The Kier molecular flexibility index (Phi) is 6.70. The monoisotopic (exact) mass is 385 g/mol. The first-order valence-electron chi connectivity index (χ1n) is 8.65. The molecule has 1 aromatic heterocycles. The molecule has 0 spiro atoms. The minimum atomic E-state index is -1.01. The van der Waals surface area contributed by atoms with Gasteiger partial charge in [-0.2, -0.15) is 0 Å². The van der Waals surface area contributed by atoms with Gasteiger partial charge in [-0.05, 0) is 29.7 Å². The van der Waals surface area contributed by atoms with Crippen LogP contribution in [0.15, 0.2) is 54.9 Å². The van der Waals surface area contributed by atoms with Crippen molar-refractivity contribution in [3.05, 3.63) is 54.9 Å². The van der Waals surface area contributed by atoms with Gasteiger partial charge in [-0.3, -0.25) is 19.5 Å². The van der Waals surface area contributed by atoms with Crippen LogP contribution in [0.5, 0.6) is 0 Å². The van der Waals surface area contributed by atoms with E-state index < -0.39 is 23.4 Å². The molecule has 0 bridgehead atoms. The molecule has 0 fully saturated rings. The Labute approximate surface area is 163 Å². The maximum Gasteiger partial charge on any atom is 0.438 e. The second-order valence-electron chi connectivity index (χ2n) is 7.06. The summed E-state index contributed by atoms with van der Waals surface area (Å²) in [6, 6.07) is 12.0. The van der Waals surface area contributed by atoms with Crippen molar-refractivity contribution in [1.82, 2.24) is 4.98 Å². The van der Waals surface area contributed by atoms with E-state index in [-0.39, 0.29) is 18.5 Å². The summed E-state index contributed by atoms with van der Waals surface area (Å²) in [5, 5.41) is 9.89. The number of pyridine rings is 1. The Morgan fingerprint density at radius 1 is 1.04 bits per heavy atom. The zero-order valence-corrected chi connectivity index (χ0v) is 16.0. The van der Waals surface area contributed by atoms with E-state index in [9.17, 15) is 14.4 Å². The molecular weight excluding hydrogens is 362 g/mol. The lowest BCUT2D eigenvalue weighted by Gasteiger charge is -2.28. The lowest BCUT2D eigenvalue weighted by molar-refractivity contribution is -0.139. The highest BCUT2D eigenvalue weighted by atomic mass is 16.7. The summed E-state index contributed by atoms with van der Waals surface area (Å²) in [5.74, 6) is -1.56. The average Bonchev–Trinajstić information content (AvgIpc) is 2.65. The number of anilines is 2. The van der Waals surface area contributed by atoms with Crippen LogP contribution in [0.4, 0.5) is 16.2 Å². The minimum Gasteiger partial charge on any atom is -0.481 e. The Morgan fingerprint density at radius 3 is 2.25 bits per heavy atom. The Hall–Kier alpha value is -3.42. The van der Waals surface area contributed by atoms with Gasteiger partial charge in [0.1, 0.15) is 5.69 Å². The molecule has 28 heavy (non-hydrogen) atoms. The van der Waals surface area contributed by atoms with Crippen LogP contribution >= 0.6 is 0 Å². The van der Waals surface area contributed by atoms with E-state index in [0.29, 0.717) is 5.69 Å². The van der Waals surface area contributed by atoms with Gasteiger partial charge in [0.05, 0.1) is 12.6 Å². The lowest BCUT2D eigenvalue weighted by atomic mass is 9.85. The number of aromatic nitrogens is 1. The topological polar surface area (TPSA) is 100 Å². The highest BCUT2D eigenvalue weighted by molar-refractivity contribution is 5.96. The molecule has 0 saturated heterocycles. The second kappa shape index (κ2) is 8.98. The van der Waals surface area contributed by atoms with E-state index in [4.69, 9.17) is 9.94 Å². The molecule has 1 aromatic carbocycles. The highest BCUT2D eigenvalue weighted by Gasteiger charge is 2.31. The molecule has 0 aliphatic heterocycles. The van der Waals surface area contributed by atoms with Gasteiger partial charge in [0, 0.05) is 25.4 Å². The van der Waals surface area contributed by atoms with Gasteiger partial charge in [0.15, 0.2) is 0 Å². The van der Waals surface area contributed by atoms with Crippen LogP contribution in [0.3, 0.4) is 0 Å². The third-order valence-corrected chi connectivity index (χ3v) is 3.95. The summed E-state index contributed by atoms with van der Waals surface area (Å²) in [6.45, 7) is 3.33. The largest absolute Gasteiger partial charge is 0.481 e. The van der Waals surface area contributed by atoms with Crippen molar-refractivity contribution in [2.45, 2.75) is 26.7 Å². The highest BCUT2D eigenvalue weighted by Crippen LogP contribution is 2.28. The molecule has 8 nitrogen and oxygen atoms in total. The number of benzene rings is 1. The molecule has 0 aliphatic carbocycles. The van der Waals surface area contributed by atoms with Crippen molar-refractivity contribution in [2.75, 3.05) is 17.0 Å². The van der Waals surface area contributed by atoms with Gasteiger partial charge in [0.2, 0.25) is 0 Å². The van der Waals surface area contributed by atoms with Gasteiger partial charge < -0.3 is 9.94 Å². The first-order valence-corrected chi connectivity index (χ1v) is 8.65. The normalized spacial score (nSPS) is 10.8. The Balaban J connectivity index is 2.22. The number of amides is 2. The van der Waals surface area contributed by atoms with Gasteiger partial charge in [-0.15, -0.1) is 5.06 Å². The molecule has 148 valence electrons. The number of carboxylic acids is 1. The van der Waals surface area contributed by atoms with Crippen molar-refractivity contribution in [2.24, 2.45) is 5.41 Å². The third-order valence-electron chi connectivity index (χ3n) is 3.95. The SMILES string of the molecule is CN(C(=O)ON(C(=O)CC(C)(C)CC(=O)O)c1cccnc1)c1ccccc1. The number of carboxylic acid groups (broad SMARTS) is 1. The molecule has 0 atom stereocenters. The molecule has 2 aromatic rings. The first-order chi connectivity index (χ1) is 13.2. The average molecular weight is 385 g/mol. The number of carbonyl (C=O) groups excluding carboxylic acids is 2. The standard InChI is InChI=1S/C20H23N3O5/c1-20(2,13-18(25)26)12-17(24)23(16-10-7-11-21-14-16)28-19(27)22(3)15-8-5-4-6-9-15/h4-11,14H,12-13H2,1-3H3,(H,25,26). The third kappa shape index (κ3) is 5.80. The lowest BCUT2D eigenvalue weighted by Crippen LogP contribution is -2.40. The number of para-hydroxylation sites is 1. The summed E-state index contributed by atoms with van der Waals surface area (Å²) >= 11 is 0. The molecule has 2 rings (SSSR count). The molecular formula is C20H23N3O5. The molecule has 2 amide bonds. The number of aliphatic carboxylic acids is 1. The van der Waals surface area contributed by atoms with Crippen LogP contribution in [0.2, 0.25) is 0 Å². The van der Waals surface area contributed by atoms with Gasteiger partial charge >= 0.3 is 12.1 Å². The molecule has 8 heteroatoms. The molecule has 1 heterocycles. The molecule has 1 N–H and O–H groups in total. The fraction of sp³-hybridized carbons (Fsp3) is 0.300. The first kappa shape index (κ1) is 20.9. The molecule has 0 radical (unpaired) electrons. The van der Waals surface area contributed by atoms with Gasteiger partial charge in [0.25, 0.3) is 5.91 Å². The number of hydrogen-bond donors (Lipinski definition) is 1. The quantitative estimate of drug-likeness (QED) is 0.764. The maximum atomic E-state index is 12.8. The van der Waals surface area contributed by atoms with Crippen molar-refractivity contribution in [3.63, 3.8) is 0 Å². The van der Waals surface area contributed by atoms with E-state index in [0.717, 1.165) is 5.06 Å². The van der Waals surface area contributed by atoms with Crippen LogP contribution in [0, 0.1) is 5.41 Å². The van der Waals surface area contributed by atoms with E-state index in [1.807, 2.05) is 6.07 Å². The Bertz CT molecular complexity index is 824. The second-order valence-corrected chi connectivity index (χ2v) is 7.06. The van der Waals surface area contributed by atoms with Crippen LogP contribution in [-0.4, -0.2) is 35.1 Å². The van der Waals surface area contributed by atoms with E-state index in [1.54, 1.807) is 50.2 Å². The fourth-order valence-corrected chi connectivity index (χ4v) is 2.57. The van der Waals surface area contributed by atoms with E-state index in [1.165, 1.54) is 24.3 Å². The van der Waals surface area contributed by atoms with Crippen molar-refractivity contribution in [3.8, 4) is 0 Å². The van der Waals surface area contributed by atoms with Crippen molar-refractivity contribution >= 4 is 29.3 Å². The Morgan fingerprint density at radius 2 is 1.68 bits per heavy atom. The fourth-order valence-electron chi connectivity index (χ4n) is 2.57. The van der Waals surface area contributed by atoms with Gasteiger partial charge in [-0.1, -0.05) is 32.0 Å². The predicted molar refractivity (Wildman–Crippen MR) is 104 cm³/mol. The van der Waals surface area contributed by atoms with Crippen LogP contribution < -0.4 is 9.96 Å². The van der Waals surface area contributed by atoms with Crippen LogP contribution in [0.25, 0.3) is 0 Å². The number of rotatable bonds is 6. The van der Waals surface area contributed by atoms with Crippen molar-refractivity contribution < 1.29 is 24.3 Å². The number of hydrogen-bond acceptors (Lipinski definition) is 5. The number of nitrogens with zero attached hydrogens (tertiary/aromatic N) is 3. The zero-order valence-electron chi connectivity index (χ0n) is 16.0. The summed E-state index contributed by atoms with van der Waals surface area (Å²) in [4.78, 5) is 47.0. The number of hydroxylamine groups is 1. The zero-order chi connectivity index (χ0) is 20.7. The minimum absolute atomic E-state index is 0.128. The summed E-state index contributed by atoms with van der Waals surface area (Å²) in [5.41, 5.74) is 0.0481. The predicted octanol–water partition coefficient (Wildman–Crippen LogP) is 3.49. The summed E-state index contributed by atoms with van der Waals surface area (Å²) < 4.78 is 0. The van der Waals surface area contributed by atoms with Gasteiger partial charge in [-0.25, -0.2) is 4.79 Å². The van der Waals surface area contributed by atoms with Crippen LogP contribution in [0.1, 0.15) is 26.7 Å². The van der Waals surface area contributed by atoms with E-state index in [2.05, 4.69) is 4.98 Å². The molecule has 0 unspecified atom stereocenters. The molecule has 0 saturated carbocycles. The smallest absolute Gasteiger partial charge is 0.438 e. The van der Waals surface area contributed by atoms with Crippen molar-refractivity contribution in [1.29, 1.82) is 0 Å². The summed E-state index contributed by atoms with van der Waals surface area (Å²) in [7, 11) is 1.53. The van der Waals surface area contributed by atoms with Crippen LogP contribution in [-0.2, 0) is 14.4 Å². The van der Waals surface area contributed by atoms with E-state index >= 15 is 0 Å². The molecule has 0 aliphatic rings. The number of carbonyl (C=O) groups is 3. The maximum absolute atomic E-state index is 12.8.